The maximum atomic E-state index is 13.2. The minimum absolute atomic E-state index is 0.0879. The third-order valence-corrected chi connectivity index (χ3v) is 7.18. The van der Waals surface area contributed by atoms with Crippen LogP contribution in [0.15, 0.2) is 30.6 Å². The summed E-state index contributed by atoms with van der Waals surface area (Å²) in [6, 6.07) is 6.70. The molecule has 4 heterocycles. The molecule has 1 aliphatic carbocycles. The van der Waals surface area contributed by atoms with Crippen LogP contribution in [0.3, 0.4) is 0 Å². The van der Waals surface area contributed by atoms with Crippen molar-refractivity contribution in [3.8, 4) is 6.07 Å². The van der Waals surface area contributed by atoms with Crippen molar-refractivity contribution in [3.05, 3.63) is 52.3 Å². The van der Waals surface area contributed by atoms with Crippen LogP contribution in [0.4, 0.5) is 5.82 Å². The Morgan fingerprint density at radius 3 is 2.80 bits per heavy atom. The standard InChI is InChI=1S/C24H20ClN7O3/c25-17-3-1-2-14-16(17)11-32(23(14)34)18-8-28-21-20(29-18)15(7-27-21)22(33)30-19(13-4-5-13)24(35)31-9-12(6-26)10-31/h1-3,7-8,12-13,19H,4-5,9-11H2,(H,27,28)(H,30,33)/t19-/m1/s1. The van der Waals surface area contributed by atoms with Crippen molar-refractivity contribution in [2.75, 3.05) is 18.0 Å². The molecule has 3 amide bonds. The number of carbonyl (C=O) groups is 3. The number of benzene rings is 1. The second-order valence-electron chi connectivity index (χ2n) is 9.14. The minimum atomic E-state index is -0.639. The first-order chi connectivity index (χ1) is 16.9. The second kappa shape index (κ2) is 8.06. The fraction of sp³-hybridized carbons (Fsp3) is 0.333. The van der Waals surface area contributed by atoms with Crippen LogP contribution in [0.5, 0.6) is 0 Å². The highest BCUT2D eigenvalue weighted by atomic mass is 35.5. The summed E-state index contributed by atoms with van der Waals surface area (Å²) in [4.78, 5) is 54.1. The lowest BCUT2D eigenvalue weighted by Gasteiger charge is -2.37. The Balaban J connectivity index is 1.25. The summed E-state index contributed by atoms with van der Waals surface area (Å²) in [5.41, 5.74) is 2.19. The van der Waals surface area contributed by atoms with E-state index in [4.69, 9.17) is 16.9 Å². The molecule has 2 N–H and O–H groups in total. The molecule has 0 bridgehead atoms. The fourth-order valence-corrected chi connectivity index (χ4v) is 4.87. The Hall–Kier alpha value is -3.97. The first-order valence-corrected chi connectivity index (χ1v) is 11.7. The number of rotatable bonds is 5. The molecule has 176 valence electrons. The number of nitrogens with zero attached hydrogens (tertiary/aromatic N) is 5. The molecule has 1 saturated heterocycles. The predicted molar refractivity (Wildman–Crippen MR) is 126 cm³/mol. The normalized spacial score (nSPS) is 18.2. The monoisotopic (exact) mass is 489 g/mol. The van der Waals surface area contributed by atoms with Gasteiger partial charge >= 0.3 is 0 Å². The van der Waals surface area contributed by atoms with Gasteiger partial charge in [-0.1, -0.05) is 17.7 Å². The Labute approximate surface area is 204 Å². The van der Waals surface area contributed by atoms with E-state index in [0.717, 1.165) is 18.4 Å². The van der Waals surface area contributed by atoms with Gasteiger partial charge in [0.1, 0.15) is 11.6 Å². The van der Waals surface area contributed by atoms with Crippen molar-refractivity contribution in [2.45, 2.75) is 25.4 Å². The summed E-state index contributed by atoms with van der Waals surface area (Å²) in [7, 11) is 0. The summed E-state index contributed by atoms with van der Waals surface area (Å²) >= 11 is 6.27. The number of hydrogen-bond acceptors (Lipinski definition) is 6. The molecule has 3 aliphatic rings. The van der Waals surface area contributed by atoms with Gasteiger partial charge < -0.3 is 15.2 Å². The molecular weight excluding hydrogens is 470 g/mol. The van der Waals surface area contributed by atoms with E-state index in [9.17, 15) is 14.4 Å². The molecule has 1 saturated carbocycles. The zero-order valence-electron chi connectivity index (χ0n) is 18.5. The van der Waals surface area contributed by atoms with E-state index in [1.54, 1.807) is 23.1 Å². The Kier molecular flexibility index (Phi) is 4.96. The van der Waals surface area contributed by atoms with E-state index in [-0.39, 0.29) is 35.8 Å². The van der Waals surface area contributed by atoms with Gasteiger partial charge in [-0.25, -0.2) is 9.97 Å². The third kappa shape index (κ3) is 3.59. The number of aromatic amines is 1. The van der Waals surface area contributed by atoms with E-state index in [0.29, 0.717) is 40.7 Å². The van der Waals surface area contributed by atoms with Crippen LogP contribution in [-0.2, 0) is 11.3 Å². The van der Waals surface area contributed by atoms with Crippen LogP contribution in [-0.4, -0.2) is 56.7 Å². The highest BCUT2D eigenvalue weighted by Gasteiger charge is 2.43. The number of carbonyl (C=O) groups excluding carboxylic acids is 3. The van der Waals surface area contributed by atoms with Crippen molar-refractivity contribution < 1.29 is 14.4 Å². The quantitative estimate of drug-likeness (QED) is 0.564. The number of hydrogen-bond donors (Lipinski definition) is 2. The van der Waals surface area contributed by atoms with Gasteiger partial charge in [0, 0.05) is 35.4 Å². The van der Waals surface area contributed by atoms with Crippen molar-refractivity contribution in [1.29, 1.82) is 5.26 Å². The molecule has 2 aliphatic heterocycles. The molecule has 2 fully saturated rings. The van der Waals surface area contributed by atoms with Gasteiger partial charge in [-0.05, 0) is 30.9 Å². The van der Waals surface area contributed by atoms with Gasteiger partial charge in [0.15, 0.2) is 11.5 Å². The molecule has 6 rings (SSSR count). The average Bonchev–Trinajstić information content (AvgIpc) is 3.48. The second-order valence-corrected chi connectivity index (χ2v) is 9.55. The highest BCUT2D eigenvalue weighted by molar-refractivity contribution is 6.32. The van der Waals surface area contributed by atoms with E-state index in [1.165, 1.54) is 17.3 Å². The first kappa shape index (κ1) is 21.6. The largest absolute Gasteiger partial charge is 0.344 e. The number of likely N-dealkylation sites (tertiary alicyclic amines) is 1. The van der Waals surface area contributed by atoms with Gasteiger partial charge in [0.2, 0.25) is 5.91 Å². The molecule has 2 aromatic heterocycles. The lowest BCUT2D eigenvalue weighted by molar-refractivity contribution is -0.138. The van der Waals surface area contributed by atoms with Crippen LogP contribution >= 0.6 is 11.6 Å². The van der Waals surface area contributed by atoms with Crippen molar-refractivity contribution in [2.24, 2.45) is 11.8 Å². The predicted octanol–water partition coefficient (Wildman–Crippen LogP) is 2.26. The van der Waals surface area contributed by atoms with Gasteiger partial charge in [0.25, 0.3) is 11.8 Å². The summed E-state index contributed by atoms with van der Waals surface area (Å²) in [6.45, 7) is 1.05. The maximum Gasteiger partial charge on any atom is 0.260 e. The van der Waals surface area contributed by atoms with Gasteiger partial charge in [-0.3, -0.25) is 19.3 Å². The molecule has 0 unspecified atom stereocenters. The molecule has 0 radical (unpaired) electrons. The number of aromatic nitrogens is 3. The number of H-pyrrole nitrogens is 1. The van der Waals surface area contributed by atoms with E-state index in [1.807, 2.05) is 0 Å². The van der Waals surface area contributed by atoms with Gasteiger partial charge in [-0.2, -0.15) is 5.26 Å². The molecule has 35 heavy (non-hydrogen) atoms. The summed E-state index contributed by atoms with van der Waals surface area (Å²) < 4.78 is 0. The van der Waals surface area contributed by atoms with Crippen LogP contribution in [0.1, 0.15) is 39.1 Å². The molecule has 3 aromatic rings. The SMILES string of the molecule is N#CC1CN(C(=O)[C@H](NC(=O)c2c[nH]c3ncc(N4Cc5c(Cl)cccc5C4=O)nc23)C2CC2)C1. The summed E-state index contributed by atoms with van der Waals surface area (Å²) in [5, 5.41) is 12.4. The number of anilines is 1. The van der Waals surface area contributed by atoms with Crippen molar-refractivity contribution in [1.82, 2.24) is 25.2 Å². The Bertz CT molecular complexity index is 1430. The first-order valence-electron chi connectivity index (χ1n) is 11.4. The van der Waals surface area contributed by atoms with Gasteiger partial charge in [0.05, 0.1) is 30.3 Å². The minimum Gasteiger partial charge on any atom is -0.344 e. The van der Waals surface area contributed by atoms with Crippen LogP contribution in [0.25, 0.3) is 11.2 Å². The van der Waals surface area contributed by atoms with E-state index >= 15 is 0 Å². The van der Waals surface area contributed by atoms with E-state index in [2.05, 4.69) is 26.3 Å². The number of nitrogens with one attached hydrogen (secondary N) is 2. The third-order valence-electron chi connectivity index (χ3n) is 6.82. The number of amides is 3. The summed E-state index contributed by atoms with van der Waals surface area (Å²) in [5.74, 6) is -0.583. The fourth-order valence-electron chi connectivity index (χ4n) is 4.63. The average molecular weight is 490 g/mol. The van der Waals surface area contributed by atoms with E-state index < -0.39 is 11.9 Å². The maximum absolute atomic E-state index is 13.2. The molecule has 0 spiro atoms. The number of nitriles is 1. The lowest BCUT2D eigenvalue weighted by Crippen LogP contribution is -2.57. The van der Waals surface area contributed by atoms with Crippen molar-refractivity contribution >= 4 is 46.3 Å². The Morgan fingerprint density at radius 1 is 1.29 bits per heavy atom. The number of halogens is 1. The molecular formula is C24H20ClN7O3. The Morgan fingerprint density at radius 2 is 2.09 bits per heavy atom. The lowest BCUT2D eigenvalue weighted by atomic mass is 9.99. The zero-order valence-corrected chi connectivity index (χ0v) is 19.2. The van der Waals surface area contributed by atoms with Gasteiger partial charge in [-0.15, -0.1) is 0 Å². The number of fused-ring (bicyclic) bond motifs is 2. The summed E-state index contributed by atoms with van der Waals surface area (Å²) in [6.07, 6.45) is 4.71. The molecule has 1 aromatic carbocycles. The van der Waals surface area contributed by atoms with Crippen LogP contribution in [0, 0.1) is 23.2 Å². The smallest absolute Gasteiger partial charge is 0.260 e. The molecule has 10 nitrogen and oxygen atoms in total. The zero-order chi connectivity index (χ0) is 24.3. The van der Waals surface area contributed by atoms with Crippen LogP contribution < -0.4 is 10.2 Å². The molecule has 1 atom stereocenters. The molecule has 11 heteroatoms. The van der Waals surface area contributed by atoms with Crippen LogP contribution in [0.2, 0.25) is 5.02 Å². The topological polar surface area (TPSA) is 135 Å². The van der Waals surface area contributed by atoms with Crippen molar-refractivity contribution in [3.63, 3.8) is 0 Å². The highest BCUT2D eigenvalue weighted by Crippen LogP contribution is 2.35.